The smallest absolute Gasteiger partial charge is 0.193 e. The van der Waals surface area contributed by atoms with Crippen molar-refractivity contribution in [1.82, 2.24) is 0 Å². The molecule has 1 N–H and O–H groups in total. The molecule has 2 rings (SSSR count). The predicted molar refractivity (Wildman–Crippen MR) is 127 cm³/mol. The van der Waals surface area contributed by atoms with Gasteiger partial charge in [0.15, 0.2) is 5.43 Å². The highest BCUT2D eigenvalue weighted by Crippen LogP contribution is 2.28. The number of phenolic OH excluding ortho intramolecular Hbond substituents is 1. The van der Waals surface area contributed by atoms with Crippen LogP contribution in [0.2, 0.25) is 0 Å². The second-order valence-corrected chi connectivity index (χ2v) is 8.60. The van der Waals surface area contributed by atoms with Crippen molar-refractivity contribution in [3.8, 4) is 5.75 Å². The van der Waals surface area contributed by atoms with Gasteiger partial charge in [0.25, 0.3) is 0 Å². The Balaban J connectivity index is 1.94. The lowest BCUT2D eigenvalue weighted by atomic mass is 10.0. The van der Waals surface area contributed by atoms with E-state index < -0.39 is 0 Å². The molecular weight excluding hydrogens is 372 g/mol. The van der Waals surface area contributed by atoms with E-state index in [1.54, 1.807) is 6.07 Å². The fourth-order valence-electron chi connectivity index (χ4n) is 3.50. The summed E-state index contributed by atoms with van der Waals surface area (Å²) in [5.41, 5.74) is 6.26. The second kappa shape index (κ2) is 11.0. The number of phenols is 1. The van der Waals surface area contributed by atoms with Crippen LogP contribution >= 0.6 is 0 Å². The van der Waals surface area contributed by atoms with Crippen molar-refractivity contribution in [3.63, 3.8) is 0 Å². The van der Waals surface area contributed by atoms with E-state index in [-0.39, 0.29) is 11.2 Å². The number of benzene rings is 1. The molecule has 162 valence electrons. The van der Waals surface area contributed by atoms with Gasteiger partial charge in [-0.3, -0.25) is 4.79 Å². The topological polar surface area (TPSA) is 50.4 Å². The zero-order valence-electron chi connectivity index (χ0n) is 19.4. The summed E-state index contributed by atoms with van der Waals surface area (Å²) < 4.78 is 6.00. The molecular formula is C27H36O3. The van der Waals surface area contributed by atoms with E-state index in [1.165, 1.54) is 22.8 Å². The first-order chi connectivity index (χ1) is 14.2. The van der Waals surface area contributed by atoms with Gasteiger partial charge in [-0.1, -0.05) is 34.9 Å². The standard InChI is InChI=1S/C27H36O3/c1-18(2)10-7-11-19(3)12-8-13-20(4)14-9-15-23-16-26(29)24-17-25(28)21(5)22(6)27(24)30-23/h10,12,14,16-17,28H,7-9,11,13,15H2,1-6H3/b19-12+,20-14+. The van der Waals surface area contributed by atoms with Crippen LogP contribution in [0.5, 0.6) is 5.75 Å². The number of aromatic hydroxyl groups is 1. The maximum atomic E-state index is 12.4. The third-order valence-corrected chi connectivity index (χ3v) is 5.61. The molecule has 0 atom stereocenters. The lowest BCUT2D eigenvalue weighted by Crippen LogP contribution is -2.04. The van der Waals surface area contributed by atoms with Gasteiger partial charge in [-0.25, -0.2) is 0 Å². The number of aryl methyl sites for hydroxylation is 2. The van der Waals surface area contributed by atoms with Crippen LogP contribution in [0.3, 0.4) is 0 Å². The normalized spacial score (nSPS) is 12.5. The second-order valence-electron chi connectivity index (χ2n) is 8.60. The van der Waals surface area contributed by atoms with Gasteiger partial charge in [-0.2, -0.15) is 0 Å². The zero-order valence-corrected chi connectivity index (χ0v) is 19.4. The van der Waals surface area contributed by atoms with Crippen LogP contribution in [-0.4, -0.2) is 5.11 Å². The number of hydrogen-bond acceptors (Lipinski definition) is 3. The van der Waals surface area contributed by atoms with Gasteiger partial charge in [-0.05, 0) is 90.8 Å². The van der Waals surface area contributed by atoms with E-state index in [2.05, 4.69) is 45.9 Å². The summed E-state index contributed by atoms with van der Waals surface area (Å²) in [6.45, 7) is 12.4. The maximum absolute atomic E-state index is 12.4. The molecule has 2 aromatic rings. The van der Waals surface area contributed by atoms with Crippen molar-refractivity contribution in [2.24, 2.45) is 0 Å². The SMILES string of the molecule is CC(C)=CCC/C(C)=C/CC/C(C)=C/CCc1cc(=O)c2cc(O)c(C)c(C)c2o1. The summed E-state index contributed by atoms with van der Waals surface area (Å²) in [7, 11) is 0. The molecule has 1 aromatic carbocycles. The Hall–Kier alpha value is -2.55. The van der Waals surface area contributed by atoms with Gasteiger partial charge in [0.05, 0.1) is 5.39 Å². The van der Waals surface area contributed by atoms with Crippen molar-refractivity contribution >= 4 is 11.0 Å². The van der Waals surface area contributed by atoms with Crippen LogP contribution in [0.4, 0.5) is 0 Å². The summed E-state index contributed by atoms with van der Waals surface area (Å²) in [5.74, 6) is 0.833. The van der Waals surface area contributed by atoms with Crippen molar-refractivity contribution in [2.45, 2.75) is 80.1 Å². The van der Waals surface area contributed by atoms with Crippen LogP contribution in [0.1, 0.15) is 76.7 Å². The van der Waals surface area contributed by atoms with Crippen LogP contribution in [0.15, 0.2) is 56.3 Å². The molecule has 3 nitrogen and oxygen atoms in total. The molecule has 3 heteroatoms. The average Bonchev–Trinajstić information content (AvgIpc) is 2.67. The highest BCUT2D eigenvalue weighted by Gasteiger charge is 2.12. The quantitative estimate of drug-likeness (QED) is 0.438. The molecule has 0 bridgehead atoms. The summed E-state index contributed by atoms with van der Waals surface area (Å²) in [5, 5.41) is 10.4. The monoisotopic (exact) mass is 408 g/mol. The molecule has 0 radical (unpaired) electrons. The van der Waals surface area contributed by atoms with E-state index in [4.69, 9.17) is 4.42 Å². The minimum atomic E-state index is -0.0981. The van der Waals surface area contributed by atoms with Gasteiger partial charge in [0, 0.05) is 12.5 Å². The molecule has 0 spiro atoms. The Kier molecular flexibility index (Phi) is 8.71. The first-order valence-electron chi connectivity index (χ1n) is 10.9. The first-order valence-corrected chi connectivity index (χ1v) is 10.9. The molecule has 0 aliphatic carbocycles. The summed E-state index contributed by atoms with van der Waals surface area (Å²) in [4.78, 5) is 12.4. The minimum Gasteiger partial charge on any atom is -0.508 e. The molecule has 0 amide bonds. The summed E-state index contributed by atoms with van der Waals surface area (Å²) in [6.07, 6.45) is 12.8. The van der Waals surface area contributed by atoms with Gasteiger partial charge in [-0.15, -0.1) is 0 Å². The largest absolute Gasteiger partial charge is 0.508 e. The lowest BCUT2D eigenvalue weighted by Gasteiger charge is -2.08. The van der Waals surface area contributed by atoms with E-state index in [0.717, 1.165) is 43.2 Å². The van der Waals surface area contributed by atoms with Crippen molar-refractivity contribution in [3.05, 3.63) is 74.2 Å². The van der Waals surface area contributed by atoms with Crippen molar-refractivity contribution in [1.29, 1.82) is 0 Å². The van der Waals surface area contributed by atoms with Crippen LogP contribution in [0.25, 0.3) is 11.0 Å². The lowest BCUT2D eigenvalue weighted by molar-refractivity contribution is 0.469. The Bertz CT molecular complexity index is 1030. The summed E-state index contributed by atoms with van der Waals surface area (Å²) in [6, 6.07) is 3.06. The Labute approximate surface area is 180 Å². The Morgan fingerprint density at radius 3 is 2.13 bits per heavy atom. The van der Waals surface area contributed by atoms with Crippen LogP contribution < -0.4 is 5.43 Å². The number of rotatable bonds is 9. The number of hydrogen-bond donors (Lipinski definition) is 1. The molecule has 1 aromatic heterocycles. The predicted octanol–water partition coefficient (Wildman–Crippen LogP) is 7.47. The molecule has 0 saturated heterocycles. The molecule has 0 aliphatic rings. The zero-order chi connectivity index (χ0) is 22.3. The molecule has 0 unspecified atom stereocenters. The summed E-state index contributed by atoms with van der Waals surface area (Å²) >= 11 is 0. The third-order valence-electron chi connectivity index (χ3n) is 5.61. The van der Waals surface area contributed by atoms with E-state index in [9.17, 15) is 9.90 Å². The Morgan fingerprint density at radius 2 is 1.50 bits per heavy atom. The molecule has 1 heterocycles. The fraction of sp³-hybridized carbons (Fsp3) is 0.444. The van der Waals surface area contributed by atoms with Gasteiger partial charge < -0.3 is 9.52 Å². The Morgan fingerprint density at radius 1 is 0.900 bits per heavy atom. The fourth-order valence-corrected chi connectivity index (χ4v) is 3.50. The highest BCUT2D eigenvalue weighted by atomic mass is 16.3. The maximum Gasteiger partial charge on any atom is 0.193 e. The van der Waals surface area contributed by atoms with Crippen LogP contribution in [0, 0.1) is 13.8 Å². The third kappa shape index (κ3) is 6.76. The number of fused-ring (bicyclic) bond motifs is 1. The van der Waals surface area contributed by atoms with E-state index in [0.29, 0.717) is 23.2 Å². The minimum absolute atomic E-state index is 0.0981. The van der Waals surface area contributed by atoms with Gasteiger partial charge >= 0.3 is 0 Å². The average molecular weight is 409 g/mol. The molecule has 0 fully saturated rings. The number of allylic oxidation sites excluding steroid dienone is 6. The highest BCUT2D eigenvalue weighted by molar-refractivity contribution is 5.83. The molecule has 0 saturated carbocycles. The van der Waals surface area contributed by atoms with Gasteiger partial charge in [0.2, 0.25) is 0 Å². The molecule has 0 aliphatic heterocycles. The van der Waals surface area contributed by atoms with E-state index in [1.807, 2.05) is 13.8 Å². The van der Waals surface area contributed by atoms with Crippen molar-refractivity contribution < 1.29 is 9.52 Å². The molecule has 30 heavy (non-hydrogen) atoms. The van der Waals surface area contributed by atoms with E-state index >= 15 is 0 Å². The van der Waals surface area contributed by atoms with Gasteiger partial charge in [0.1, 0.15) is 17.1 Å². The first kappa shape index (κ1) is 23.7. The van der Waals surface area contributed by atoms with Crippen LogP contribution in [-0.2, 0) is 6.42 Å². The van der Waals surface area contributed by atoms with Crippen molar-refractivity contribution in [2.75, 3.05) is 0 Å².